The van der Waals surface area contributed by atoms with Gasteiger partial charge in [-0.15, -0.1) is 0 Å². The molecule has 2 aromatic carbocycles. The van der Waals surface area contributed by atoms with E-state index in [0.717, 1.165) is 12.5 Å². The van der Waals surface area contributed by atoms with E-state index in [0.29, 0.717) is 6.04 Å². The number of benzene rings is 2. The molecule has 0 aliphatic carbocycles. The molecule has 0 bridgehead atoms. The van der Waals surface area contributed by atoms with Crippen molar-refractivity contribution >= 4 is 11.4 Å². The number of hydrogen-bond donors (Lipinski definition) is 0. The van der Waals surface area contributed by atoms with Gasteiger partial charge in [-0.2, -0.15) is 0 Å². The fourth-order valence-electron chi connectivity index (χ4n) is 6.05. The first-order valence-corrected chi connectivity index (χ1v) is 13.6. The molecule has 4 rings (SSSR count). The number of allylic oxidation sites excluding steroid dienone is 7. The van der Waals surface area contributed by atoms with Crippen LogP contribution in [0.15, 0.2) is 96.8 Å². The molecule has 190 valence electrons. The molecule has 0 amide bonds. The van der Waals surface area contributed by atoms with Crippen LogP contribution in [0.3, 0.4) is 0 Å². The minimum Gasteiger partial charge on any atom is -0.364 e. The minimum absolute atomic E-state index is 0.0153. The highest BCUT2D eigenvalue weighted by atomic mass is 15.2. The molecule has 2 aliphatic rings. The number of likely N-dealkylation sites (N-methyl/N-ethyl adjacent to an activating group) is 1. The molecule has 0 saturated carbocycles. The lowest BCUT2D eigenvalue weighted by Gasteiger charge is -2.32. The number of rotatable bonds is 8. The van der Waals surface area contributed by atoms with Crippen LogP contribution in [-0.4, -0.2) is 19.6 Å². The van der Waals surface area contributed by atoms with Gasteiger partial charge in [0.05, 0.1) is 6.04 Å². The molecular weight excluding hydrogens is 436 g/mol. The second kappa shape index (κ2) is 10.5. The van der Waals surface area contributed by atoms with Gasteiger partial charge in [-0.1, -0.05) is 114 Å². The summed E-state index contributed by atoms with van der Waals surface area (Å²) in [5.41, 5.74) is 6.99. The summed E-state index contributed by atoms with van der Waals surface area (Å²) in [6.45, 7) is 15.1. The van der Waals surface area contributed by atoms with Crippen molar-refractivity contribution in [2.45, 2.75) is 71.3 Å². The van der Waals surface area contributed by atoms with E-state index >= 15 is 0 Å². The number of nitrogens with zero attached hydrogens (tertiary/aromatic N) is 2. The summed E-state index contributed by atoms with van der Waals surface area (Å²) in [5.74, 6) is 0.748. The average molecular weight is 481 g/mol. The minimum atomic E-state index is 0.0153. The maximum absolute atomic E-state index is 2.62. The topological polar surface area (TPSA) is 6.48 Å². The van der Waals surface area contributed by atoms with Gasteiger partial charge in [0.15, 0.2) is 0 Å². The smallest absolute Gasteiger partial charge is 0.0568 e. The molecule has 2 nitrogen and oxygen atoms in total. The Morgan fingerprint density at radius 3 is 2.11 bits per heavy atom. The van der Waals surface area contributed by atoms with Crippen molar-refractivity contribution in [3.05, 3.63) is 108 Å². The predicted molar refractivity (Wildman–Crippen MR) is 158 cm³/mol. The van der Waals surface area contributed by atoms with Gasteiger partial charge in [-0.05, 0) is 48.1 Å². The SMILES string of the molecule is CC(C)CCCN1c2ccccc2C(C)(C)C1/C=C/C=C/C=C/C=C1/N(C)c2ccccc2C1(C)C. The lowest BCUT2D eigenvalue weighted by Crippen LogP contribution is -2.40. The number of hydrogen-bond acceptors (Lipinski definition) is 2. The molecular formula is C34H44N2. The Morgan fingerprint density at radius 2 is 1.42 bits per heavy atom. The summed E-state index contributed by atoms with van der Waals surface area (Å²) in [6.07, 6.45) is 18.0. The van der Waals surface area contributed by atoms with Crippen LogP contribution in [0.1, 0.15) is 65.5 Å². The van der Waals surface area contributed by atoms with Gasteiger partial charge in [-0.3, -0.25) is 0 Å². The fourth-order valence-corrected chi connectivity index (χ4v) is 6.05. The summed E-state index contributed by atoms with van der Waals surface area (Å²) in [7, 11) is 2.17. The predicted octanol–water partition coefficient (Wildman–Crippen LogP) is 8.57. The maximum Gasteiger partial charge on any atom is 0.0568 e. The second-order valence-corrected chi connectivity index (χ2v) is 11.8. The lowest BCUT2D eigenvalue weighted by atomic mass is 9.80. The van der Waals surface area contributed by atoms with E-state index in [1.54, 1.807) is 0 Å². The quantitative estimate of drug-likeness (QED) is 0.349. The Labute approximate surface area is 219 Å². The average Bonchev–Trinajstić information content (AvgIpc) is 3.17. The first kappa shape index (κ1) is 26.1. The van der Waals surface area contributed by atoms with E-state index in [2.05, 4.69) is 149 Å². The molecule has 2 heterocycles. The van der Waals surface area contributed by atoms with Crippen LogP contribution in [0.25, 0.3) is 0 Å². The number of fused-ring (bicyclic) bond motifs is 2. The van der Waals surface area contributed by atoms with Crippen molar-refractivity contribution in [3.63, 3.8) is 0 Å². The molecule has 2 aliphatic heterocycles. The largest absolute Gasteiger partial charge is 0.364 e. The van der Waals surface area contributed by atoms with Crippen molar-refractivity contribution in [2.75, 3.05) is 23.4 Å². The third-order valence-corrected chi connectivity index (χ3v) is 8.10. The van der Waals surface area contributed by atoms with E-state index in [4.69, 9.17) is 0 Å². The van der Waals surface area contributed by atoms with E-state index in [9.17, 15) is 0 Å². The molecule has 2 heteroatoms. The summed E-state index contributed by atoms with van der Waals surface area (Å²) >= 11 is 0. The maximum atomic E-state index is 2.62. The molecule has 2 aromatic rings. The fraction of sp³-hybridized carbons (Fsp3) is 0.412. The van der Waals surface area contributed by atoms with Crippen molar-refractivity contribution in [1.82, 2.24) is 0 Å². The zero-order valence-corrected chi connectivity index (χ0v) is 23.3. The Bertz CT molecular complexity index is 1180. The van der Waals surface area contributed by atoms with Crippen LogP contribution in [0.4, 0.5) is 11.4 Å². The van der Waals surface area contributed by atoms with Crippen molar-refractivity contribution in [2.24, 2.45) is 5.92 Å². The monoisotopic (exact) mass is 480 g/mol. The van der Waals surface area contributed by atoms with E-state index in [1.807, 2.05) is 0 Å². The van der Waals surface area contributed by atoms with Gasteiger partial charge in [0.1, 0.15) is 0 Å². The Kier molecular flexibility index (Phi) is 7.64. The molecule has 36 heavy (non-hydrogen) atoms. The molecule has 0 saturated heterocycles. The highest BCUT2D eigenvalue weighted by molar-refractivity contribution is 5.70. The zero-order chi connectivity index (χ0) is 25.9. The van der Waals surface area contributed by atoms with Crippen LogP contribution in [0.2, 0.25) is 0 Å². The van der Waals surface area contributed by atoms with Crippen molar-refractivity contribution in [3.8, 4) is 0 Å². The van der Waals surface area contributed by atoms with E-state index in [1.165, 1.54) is 41.0 Å². The third-order valence-electron chi connectivity index (χ3n) is 8.10. The van der Waals surface area contributed by atoms with Crippen LogP contribution < -0.4 is 9.80 Å². The summed E-state index contributed by atoms with van der Waals surface area (Å²) in [6, 6.07) is 18.0. The Hall–Kier alpha value is -3.00. The lowest BCUT2D eigenvalue weighted by molar-refractivity contribution is 0.462. The van der Waals surface area contributed by atoms with Crippen molar-refractivity contribution in [1.29, 1.82) is 0 Å². The van der Waals surface area contributed by atoms with Gasteiger partial charge in [0.2, 0.25) is 0 Å². The standard InChI is InChI=1S/C34H44N2/c1-26(2)18-17-25-36-30-22-16-14-20-28(30)34(5,6)32(36)24-12-10-8-9-11-23-31-33(3,4)27-19-13-15-21-29(27)35(31)7/h8-16,19-24,26,32H,17-18,25H2,1-7H3/b10-8+,11-9+,24-12+,31-23+. The number of anilines is 2. The van der Waals surface area contributed by atoms with E-state index < -0.39 is 0 Å². The van der Waals surface area contributed by atoms with Crippen molar-refractivity contribution < 1.29 is 0 Å². The molecule has 0 fully saturated rings. The molecule has 1 atom stereocenters. The number of para-hydroxylation sites is 2. The Balaban J connectivity index is 1.45. The van der Waals surface area contributed by atoms with Gasteiger partial charge in [0, 0.05) is 41.5 Å². The second-order valence-electron chi connectivity index (χ2n) is 11.8. The third kappa shape index (κ3) is 4.96. The van der Waals surface area contributed by atoms with Gasteiger partial charge >= 0.3 is 0 Å². The van der Waals surface area contributed by atoms with Crippen LogP contribution in [0.5, 0.6) is 0 Å². The van der Waals surface area contributed by atoms with E-state index in [-0.39, 0.29) is 10.8 Å². The van der Waals surface area contributed by atoms with Crippen LogP contribution >= 0.6 is 0 Å². The summed E-state index contributed by atoms with van der Waals surface area (Å²) in [4.78, 5) is 4.94. The molecule has 0 radical (unpaired) electrons. The van der Waals surface area contributed by atoms with Gasteiger partial charge in [0.25, 0.3) is 0 Å². The van der Waals surface area contributed by atoms with Gasteiger partial charge in [-0.25, -0.2) is 0 Å². The molecule has 1 unspecified atom stereocenters. The Morgan fingerprint density at radius 1 is 0.806 bits per heavy atom. The summed E-state index contributed by atoms with van der Waals surface area (Å²) < 4.78 is 0. The summed E-state index contributed by atoms with van der Waals surface area (Å²) in [5, 5.41) is 0. The molecule has 0 spiro atoms. The van der Waals surface area contributed by atoms with Gasteiger partial charge < -0.3 is 9.80 Å². The molecule has 0 aromatic heterocycles. The highest BCUT2D eigenvalue weighted by Crippen LogP contribution is 2.47. The van der Waals surface area contributed by atoms with Crippen LogP contribution in [-0.2, 0) is 10.8 Å². The zero-order valence-electron chi connectivity index (χ0n) is 23.3. The highest BCUT2D eigenvalue weighted by Gasteiger charge is 2.42. The first-order valence-electron chi connectivity index (χ1n) is 13.6. The van der Waals surface area contributed by atoms with Crippen LogP contribution in [0, 0.1) is 5.92 Å². The normalized spacial score (nSPS) is 21.6. The molecule has 0 N–H and O–H groups in total. The first-order chi connectivity index (χ1) is 17.2.